The second-order valence-electron chi connectivity index (χ2n) is 11.5. The molecule has 17 heteroatoms. The molecule has 0 bridgehead atoms. The van der Waals surface area contributed by atoms with Gasteiger partial charge in [-0.05, 0) is 86.7 Å². The third-order valence-electron chi connectivity index (χ3n) is 7.98. The summed E-state index contributed by atoms with van der Waals surface area (Å²) in [7, 11) is 7.36. The highest BCUT2D eigenvalue weighted by molar-refractivity contribution is 5.98. The molecule has 3 aromatic heterocycles. The van der Waals surface area contributed by atoms with Crippen LogP contribution < -0.4 is 5.32 Å². The van der Waals surface area contributed by atoms with E-state index >= 15 is 0 Å². The quantitative estimate of drug-likeness (QED) is 0.263. The fraction of sp³-hybridized carbons (Fsp3) is 0.303. The molecule has 0 aliphatic carbocycles. The molecule has 2 amide bonds. The number of benzene rings is 3. The summed E-state index contributed by atoms with van der Waals surface area (Å²) in [4.78, 5) is 27.5. The lowest BCUT2D eigenvalue weighted by atomic mass is 10.00. The third-order valence-corrected chi connectivity index (χ3v) is 7.98. The molecule has 0 atom stereocenters. The molecule has 17 nitrogen and oxygen atoms in total. The Bertz CT molecular complexity index is 2070. The van der Waals surface area contributed by atoms with Gasteiger partial charge in [0.25, 0.3) is 5.91 Å². The van der Waals surface area contributed by atoms with E-state index in [-0.39, 0.29) is 11.8 Å². The van der Waals surface area contributed by atoms with Crippen LogP contribution in [0, 0.1) is 6.92 Å². The third kappa shape index (κ3) is 8.43. The van der Waals surface area contributed by atoms with E-state index in [1.165, 1.54) is 27.1 Å². The molecular weight excluding hydrogens is 638 g/mol. The number of allylic oxidation sites excluding steroid dienone is 1. The minimum atomic E-state index is -0.240. The number of aryl methyl sites for hydroxylation is 4. The van der Waals surface area contributed by atoms with E-state index in [0.717, 1.165) is 43.1 Å². The van der Waals surface area contributed by atoms with Crippen molar-refractivity contribution in [3.05, 3.63) is 83.9 Å². The van der Waals surface area contributed by atoms with Gasteiger partial charge in [-0.25, -0.2) is 14.0 Å². The summed E-state index contributed by atoms with van der Waals surface area (Å²) < 4.78 is 4.68. The van der Waals surface area contributed by atoms with Crippen molar-refractivity contribution in [1.29, 1.82) is 0 Å². The van der Waals surface area contributed by atoms with Gasteiger partial charge in [0, 0.05) is 64.0 Å². The molecule has 3 aromatic carbocycles. The van der Waals surface area contributed by atoms with Crippen molar-refractivity contribution in [3.8, 4) is 22.8 Å². The largest absolute Gasteiger partial charge is 0.336 e. The fourth-order valence-electron chi connectivity index (χ4n) is 5.17. The normalized spacial score (nSPS) is 13.0. The zero-order valence-electron chi connectivity index (χ0n) is 28.8. The number of fused-ring (bicyclic) bond motifs is 1. The lowest BCUT2D eigenvalue weighted by Gasteiger charge is -2.32. The number of rotatable bonds is 5. The SMILES string of the molecule is C/C=C/C(=O)Nc1nnnn1C.CN1CCN(C(=O)c2ccc(-c3nnnn3C)cc2)CC1.Cc1ccc(-c2nnnn2C)c2ccccc12. The zero-order chi connectivity index (χ0) is 35.6. The van der Waals surface area contributed by atoms with Gasteiger partial charge in [-0.15, -0.1) is 10.2 Å². The summed E-state index contributed by atoms with van der Waals surface area (Å²) >= 11 is 0. The van der Waals surface area contributed by atoms with Crippen LogP contribution in [-0.2, 0) is 25.9 Å². The monoisotopic (exact) mass is 677 g/mol. The smallest absolute Gasteiger partial charge is 0.253 e. The minimum absolute atomic E-state index is 0.0886. The molecular formula is C33H39N15O2. The van der Waals surface area contributed by atoms with Gasteiger partial charge in [0.2, 0.25) is 11.9 Å². The number of anilines is 1. The molecule has 4 heterocycles. The number of piperazine rings is 1. The molecule has 1 aliphatic heterocycles. The molecule has 1 saturated heterocycles. The predicted octanol–water partition coefficient (Wildman–Crippen LogP) is 2.33. The zero-order valence-corrected chi connectivity index (χ0v) is 28.8. The molecule has 0 saturated carbocycles. The van der Waals surface area contributed by atoms with Crippen molar-refractivity contribution >= 4 is 28.5 Å². The summed E-state index contributed by atoms with van der Waals surface area (Å²) in [6, 6.07) is 19.9. The van der Waals surface area contributed by atoms with Crippen LogP contribution >= 0.6 is 0 Å². The topological polar surface area (TPSA) is 183 Å². The minimum Gasteiger partial charge on any atom is -0.336 e. The van der Waals surface area contributed by atoms with Crippen LogP contribution in [-0.4, -0.2) is 115 Å². The first kappa shape index (κ1) is 35.1. The average Bonchev–Trinajstić information content (AvgIpc) is 3.87. The van der Waals surface area contributed by atoms with Crippen LogP contribution in [0.3, 0.4) is 0 Å². The highest BCUT2D eigenvalue weighted by atomic mass is 16.2. The highest BCUT2D eigenvalue weighted by Gasteiger charge is 2.20. The van der Waals surface area contributed by atoms with E-state index in [1.807, 2.05) is 48.3 Å². The Morgan fingerprint density at radius 1 is 0.700 bits per heavy atom. The van der Waals surface area contributed by atoms with Gasteiger partial charge >= 0.3 is 0 Å². The van der Waals surface area contributed by atoms with Crippen molar-refractivity contribution < 1.29 is 9.59 Å². The summed E-state index contributed by atoms with van der Waals surface area (Å²) in [5.74, 6) is 1.66. The van der Waals surface area contributed by atoms with Gasteiger partial charge in [-0.3, -0.25) is 14.9 Å². The second kappa shape index (κ2) is 16.2. The lowest BCUT2D eigenvalue weighted by Crippen LogP contribution is -2.47. The Labute approximate surface area is 288 Å². The predicted molar refractivity (Wildman–Crippen MR) is 186 cm³/mol. The number of nitrogens with zero attached hydrogens (tertiary/aromatic N) is 14. The molecule has 1 N–H and O–H groups in total. The molecule has 0 unspecified atom stereocenters. The first-order valence-corrected chi connectivity index (χ1v) is 15.8. The Balaban J connectivity index is 0.000000152. The van der Waals surface area contributed by atoms with Crippen LogP contribution in [0.15, 0.2) is 72.8 Å². The van der Waals surface area contributed by atoms with E-state index in [1.54, 1.807) is 36.5 Å². The van der Waals surface area contributed by atoms with Gasteiger partial charge in [-0.1, -0.05) is 59.7 Å². The van der Waals surface area contributed by atoms with Gasteiger partial charge in [0.15, 0.2) is 11.6 Å². The van der Waals surface area contributed by atoms with E-state index in [9.17, 15) is 9.59 Å². The maximum Gasteiger partial charge on any atom is 0.253 e. The first-order chi connectivity index (χ1) is 24.2. The van der Waals surface area contributed by atoms with Crippen LogP contribution in [0.5, 0.6) is 0 Å². The van der Waals surface area contributed by atoms with Gasteiger partial charge < -0.3 is 9.80 Å². The van der Waals surface area contributed by atoms with Crippen molar-refractivity contribution in [2.75, 3.05) is 38.5 Å². The van der Waals surface area contributed by atoms with Gasteiger partial charge in [-0.2, -0.15) is 0 Å². The molecule has 7 rings (SSSR count). The summed E-state index contributed by atoms with van der Waals surface area (Å²) in [6.45, 7) is 7.28. The van der Waals surface area contributed by atoms with Crippen LogP contribution in [0.2, 0.25) is 0 Å². The summed E-state index contributed by atoms with van der Waals surface area (Å²) in [5.41, 5.74) is 3.94. The molecule has 50 heavy (non-hydrogen) atoms. The Kier molecular flexibility index (Phi) is 11.4. The number of hydrogen-bond donors (Lipinski definition) is 1. The van der Waals surface area contributed by atoms with Crippen molar-refractivity contribution in [1.82, 2.24) is 70.4 Å². The standard InChI is InChI=1S/C14H18N6O.C13H12N4.C6H9N5O/c1-18-7-9-20(10-8-18)14(21)12-5-3-11(4-6-12)13-15-16-17-19(13)2;1-9-7-8-12(13-14-15-16-17(13)2)11-6-4-3-5-10(9)11;1-3-4-5(12)7-6-8-9-10-11(6)2/h3-6H,7-10H2,1-2H3;3-8H,1-2H3;3-4H,1-2H3,(H,7,8,10,12)/b;;4-3+. The molecule has 258 valence electrons. The van der Waals surface area contributed by atoms with Crippen LogP contribution in [0.4, 0.5) is 5.95 Å². The van der Waals surface area contributed by atoms with Crippen LogP contribution in [0.1, 0.15) is 22.8 Å². The number of carbonyl (C=O) groups excluding carboxylic acids is 2. The van der Waals surface area contributed by atoms with Crippen molar-refractivity contribution in [2.45, 2.75) is 13.8 Å². The molecule has 0 radical (unpaired) electrons. The van der Waals surface area contributed by atoms with E-state index in [4.69, 9.17) is 0 Å². The highest BCUT2D eigenvalue weighted by Crippen LogP contribution is 2.28. The Morgan fingerprint density at radius 3 is 1.88 bits per heavy atom. The van der Waals surface area contributed by atoms with Gasteiger partial charge in [0.1, 0.15) is 0 Å². The number of hydrogen-bond acceptors (Lipinski definition) is 12. The molecule has 6 aromatic rings. The number of amides is 2. The van der Waals surface area contributed by atoms with E-state index in [0.29, 0.717) is 17.3 Å². The van der Waals surface area contributed by atoms with Gasteiger partial charge in [0.05, 0.1) is 0 Å². The molecule has 1 aliphatic rings. The average molecular weight is 678 g/mol. The van der Waals surface area contributed by atoms with Crippen LogP contribution in [0.25, 0.3) is 33.5 Å². The van der Waals surface area contributed by atoms with Crippen molar-refractivity contribution in [2.24, 2.45) is 21.1 Å². The fourth-order valence-corrected chi connectivity index (χ4v) is 5.17. The van der Waals surface area contributed by atoms with E-state index < -0.39 is 0 Å². The lowest BCUT2D eigenvalue weighted by molar-refractivity contribution is -0.112. The first-order valence-electron chi connectivity index (χ1n) is 15.8. The second-order valence-corrected chi connectivity index (χ2v) is 11.5. The molecule has 1 fully saturated rings. The number of aromatic nitrogens is 12. The Hall–Kier alpha value is -6.23. The summed E-state index contributed by atoms with van der Waals surface area (Å²) in [5, 5.41) is 38.4. The molecule has 0 spiro atoms. The van der Waals surface area contributed by atoms with E-state index in [2.05, 4.69) is 95.0 Å². The van der Waals surface area contributed by atoms with Crippen molar-refractivity contribution in [3.63, 3.8) is 0 Å². The Morgan fingerprint density at radius 2 is 1.30 bits per heavy atom. The number of tetrazole rings is 3. The number of likely N-dealkylation sites (N-methyl/N-ethyl adjacent to an activating group) is 1. The maximum atomic E-state index is 12.4. The number of carbonyl (C=O) groups is 2. The number of nitrogens with one attached hydrogen (secondary N) is 1. The summed E-state index contributed by atoms with van der Waals surface area (Å²) in [6.07, 6.45) is 3.04. The maximum absolute atomic E-state index is 12.4.